The van der Waals surface area contributed by atoms with E-state index < -0.39 is 6.04 Å². The molecule has 1 heterocycles. The molecule has 1 saturated heterocycles. The average molecular weight is 297 g/mol. The van der Waals surface area contributed by atoms with E-state index >= 15 is 0 Å². The Bertz CT molecular complexity index is 433. The van der Waals surface area contributed by atoms with Crippen molar-refractivity contribution >= 4 is 18.3 Å². The first-order valence-corrected chi connectivity index (χ1v) is 7.22. The highest BCUT2D eigenvalue weighted by atomic mass is 35.5. The van der Waals surface area contributed by atoms with E-state index in [1.807, 2.05) is 36.1 Å². The molecule has 112 valence electrons. The SMILES string of the molecule is CCC1CCCN(C(=O)C(N)c2ccc(C)cc2)C1.Cl. The van der Waals surface area contributed by atoms with Crippen molar-refractivity contribution in [2.75, 3.05) is 13.1 Å². The van der Waals surface area contributed by atoms with E-state index in [1.165, 1.54) is 12.0 Å². The summed E-state index contributed by atoms with van der Waals surface area (Å²) in [7, 11) is 0. The number of benzene rings is 1. The number of aryl methyl sites for hydroxylation is 1. The fourth-order valence-corrected chi connectivity index (χ4v) is 2.71. The normalized spacial score (nSPS) is 20.1. The minimum Gasteiger partial charge on any atom is -0.341 e. The van der Waals surface area contributed by atoms with Crippen LogP contribution in [0.25, 0.3) is 0 Å². The summed E-state index contributed by atoms with van der Waals surface area (Å²) < 4.78 is 0. The van der Waals surface area contributed by atoms with E-state index in [-0.39, 0.29) is 18.3 Å². The lowest BCUT2D eigenvalue weighted by molar-refractivity contribution is -0.134. The summed E-state index contributed by atoms with van der Waals surface area (Å²) in [6.45, 7) is 5.95. The highest BCUT2D eigenvalue weighted by Crippen LogP contribution is 2.22. The molecule has 2 N–H and O–H groups in total. The molecule has 2 rings (SSSR count). The maximum absolute atomic E-state index is 12.4. The van der Waals surface area contributed by atoms with Crippen molar-refractivity contribution in [3.05, 3.63) is 35.4 Å². The first-order chi connectivity index (χ1) is 9.11. The second kappa shape index (κ2) is 7.65. The third-order valence-corrected chi connectivity index (χ3v) is 4.11. The summed E-state index contributed by atoms with van der Waals surface area (Å²) in [6.07, 6.45) is 3.48. The Kier molecular flexibility index (Phi) is 6.50. The number of nitrogens with two attached hydrogens (primary N) is 1. The molecule has 3 nitrogen and oxygen atoms in total. The van der Waals surface area contributed by atoms with Gasteiger partial charge in [0.05, 0.1) is 0 Å². The van der Waals surface area contributed by atoms with Crippen LogP contribution in [0.15, 0.2) is 24.3 Å². The number of amides is 1. The summed E-state index contributed by atoms with van der Waals surface area (Å²) in [5.74, 6) is 0.713. The van der Waals surface area contributed by atoms with Gasteiger partial charge in [0, 0.05) is 13.1 Å². The Hall–Kier alpha value is -1.06. The number of piperidine rings is 1. The van der Waals surface area contributed by atoms with Gasteiger partial charge in [-0.25, -0.2) is 0 Å². The first-order valence-electron chi connectivity index (χ1n) is 7.22. The van der Waals surface area contributed by atoms with Crippen LogP contribution < -0.4 is 5.73 Å². The molecule has 0 spiro atoms. The smallest absolute Gasteiger partial charge is 0.244 e. The molecule has 1 aromatic carbocycles. The van der Waals surface area contributed by atoms with Crippen LogP contribution in [0.4, 0.5) is 0 Å². The van der Waals surface area contributed by atoms with Gasteiger partial charge < -0.3 is 10.6 Å². The fourth-order valence-electron chi connectivity index (χ4n) is 2.71. The van der Waals surface area contributed by atoms with Gasteiger partial charge in [0.15, 0.2) is 0 Å². The van der Waals surface area contributed by atoms with Crippen molar-refractivity contribution < 1.29 is 4.79 Å². The van der Waals surface area contributed by atoms with Gasteiger partial charge >= 0.3 is 0 Å². The third-order valence-electron chi connectivity index (χ3n) is 4.11. The number of carbonyl (C=O) groups excluding carboxylic acids is 1. The monoisotopic (exact) mass is 296 g/mol. The van der Waals surface area contributed by atoms with E-state index in [4.69, 9.17) is 5.73 Å². The molecular weight excluding hydrogens is 272 g/mol. The third kappa shape index (κ3) is 3.97. The van der Waals surface area contributed by atoms with E-state index in [0.717, 1.165) is 31.5 Å². The number of hydrogen-bond acceptors (Lipinski definition) is 2. The molecule has 0 bridgehead atoms. The summed E-state index contributed by atoms with van der Waals surface area (Å²) >= 11 is 0. The largest absolute Gasteiger partial charge is 0.341 e. The lowest BCUT2D eigenvalue weighted by Gasteiger charge is -2.34. The Morgan fingerprint density at radius 1 is 1.40 bits per heavy atom. The molecule has 0 radical (unpaired) electrons. The summed E-state index contributed by atoms with van der Waals surface area (Å²) in [5, 5.41) is 0. The summed E-state index contributed by atoms with van der Waals surface area (Å²) in [4.78, 5) is 14.4. The van der Waals surface area contributed by atoms with E-state index in [2.05, 4.69) is 6.92 Å². The van der Waals surface area contributed by atoms with Gasteiger partial charge in [-0.15, -0.1) is 12.4 Å². The Morgan fingerprint density at radius 2 is 2.05 bits per heavy atom. The van der Waals surface area contributed by atoms with Gasteiger partial charge in [-0.1, -0.05) is 43.2 Å². The number of hydrogen-bond donors (Lipinski definition) is 1. The minimum atomic E-state index is -0.517. The summed E-state index contributed by atoms with van der Waals surface area (Å²) in [5.41, 5.74) is 8.21. The molecule has 1 aliphatic heterocycles. The van der Waals surface area contributed by atoms with Crippen molar-refractivity contribution in [1.29, 1.82) is 0 Å². The highest BCUT2D eigenvalue weighted by molar-refractivity contribution is 5.85. The predicted octanol–water partition coefficient (Wildman–Crippen LogP) is 3.07. The number of halogens is 1. The summed E-state index contributed by atoms with van der Waals surface area (Å²) in [6, 6.07) is 7.41. The van der Waals surface area contributed by atoms with Gasteiger partial charge in [-0.3, -0.25) is 4.79 Å². The van der Waals surface area contributed by atoms with Crippen LogP contribution in [0.2, 0.25) is 0 Å². The van der Waals surface area contributed by atoms with Crippen molar-refractivity contribution in [2.24, 2.45) is 11.7 Å². The molecule has 1 amide bonds. The Balaban J connectivity index is 0.00000200. The standard InChI is InChI=1S/C16H24N2O.ClH/c1-3-13-5-4-10-18(11-13)16(19)15(17)14-8-6-12(2)7-9-14;/h6-9,13,15H,3-5,10-11,17H2,1-2H3;1H. The first kappa shape index (κ1) is 17.0. The topological polar surface area (TPSA) is 46.3 Å². The van der Waals surface area contributed by atoms with Gasteiger partial charge in [0.1, 0.15) is 6.04 Å². The molecule has 1 fully saturated rings. The van der Waals surface area contributed by atoms with Crippen molar-refractivity contribution in [3.63, 3.8) is 0 Å². The van der Waals surface area contributed by atoms with Crippen LogP contribution >= 0.6 is 12.4 Å². The molecule has 4 heteroatoms. The van der Waals surface area contributed by atoms with E-state index in [0.29, 0.717) is 5.92 Å². The number of rotatable bonds is 3. The molecule has 1 aliphatic rings. The predicted molar refractivity (Wildman–Crippen MR) is 85.0 cm³/mol. The highest BCUT2D eigenvalue weighted by Gasteiger charge is 2.27. The van der Waals surface area contributed by atoms with Crippen LogP contribution in [0, 0.1) is 12.8 Å². The quantitative estimate of drug-likeness (QED) is 0.932. The van der Waals surface area contributed by atoms with E-state index in [9.17, 15) is 4.79 Å². The van der Waals surface area contributed by atoms with E-state index in [1.54, 1.807) is 0 Å². The van der Waals surface area contributed by atoms with Gasteiger partial charge in [-0.2, -0.15) is 0 Å². The second-order valence-electron chi connectivity index (χ2n) is 5.59. The van der Waals surface area contributed by atoms with Gasteiger partial charge in [-0.05, 0) is 31.2 Å². The minimum absolute atomic E-state index is 0. The molecule has 1 aromatic rings. The second-order valence-corrected chi connectivity index (χ2v) is 5.59. The molecule has 2 unspecified atom stereocenters. The zero-order chi connectivity index (χ0) is 13.8. The van der Waals surface area contributed by atoms with Crippen LogP contribution in [0.5, 0.6) is 0 Å². The number of likely N-dealkylation sites (tertiary alicyclic amines) is 1. The molecule has 20 heavy (non-hydrogen) atoms. The Morgan fingerprint density at radius 3 is 2.65 bits per heavy atom. The molecule has 0 aliphatic carbocycles. The van der Waals surface area contributed by atoms with Crippen LogP contribution in [-0.4, -0.2) is 23.9 Å². The molecular formula is C16H25ClN2O. The fraction of sp³-hybridized carbons (Fsp3) is 0.562. The number of carbonyl (C=O) groups is 1. The van der Waals surface area contributed by atoms with Crippen LogP contribution in [0.1, 0.15) is 43.4 Å². The molecule has 0 aromatic heterocycles. The maximum Gasteiger partial charge on any atom is 0.244 e. The van der Waals surface area contributed by atoms with Crippen LogP contribution in [-0.2, 0) is 4.79 Å². The van der Waals surface area contributed by atoms with Crippen molar-refractivity contribution in [2.45, 2.75) is 39.2 Å². The number of nitrogens with zero attached hydrogens (tertiary/aromatic N) is 1. The zero-order valence-electron chi connectivity index (χ0n) is 12.3. The van der Waals surface area contributed by atoms with Gasteiger partial charge in [0.2, 0.25) is 5.91 Å². The van der Waals surface area contributed by atoms with Crippen LogP contribution in [0.3, 0.4) is 0 Å². The van der Waals surface area contributed by atoms with Crippen molar-refractivity contribution in [1.82, 2.24) is 4.90 Å². The lowest BCUT2D eigenvalue weighted by Crippen LogP contribution is -2.44. The van der Waals surface area contributed by atoms with Gasteiger partial charge in [0.25, 0.3) is 0 Å². The molecule has 0 saturated carbocycles. The Labute approximate surface area is 127 Å². The molecule has 2 atom stereocenters. The van der Waals surface area contributed by atoms with Crippen molar-refractivity contribution in [3.8, 4) is 0 Å². The lowest BCUT2D eigenvalue weighted by atomic mass is 9.94. The average Bonchev–Trinajstić information content (AvgIpc) is 2.46. The zero-order valence-corrected chi connectivity index (χ0v) is 13.2. The maximum atomic E-state index is 12.4.